The largest absolute Gasteiger partial charge is 0.493 e. The van der Waals surface area contributed by atoms with E-state index in [0.717, 1.165) is 18.4 Å². The molecule has 6 rings (SSSR count). The number of hydrogen-bond acceptors (Lipinski definition) is 6. The van der Waals surface area contributed by atoms with Crippen molar-refractivity contribution in [1.29, 1.82) is 0 Å². The molecule has 1 unspecified atom stereocenters. The van der Waals surface area contributed by atoms with Crippen LogP contribution in [0.25, 0.3) is 0 Å². The van der Waals surface area contributed by atoms with Gasteiger partial charge in [-0.3, -0.25) is 19.2 Å². The van der Waals surface area contributed by atoms with E-state index >= 15 is 0 Å². The number of fused-ring (bicyclic) bond motifs is 2. The van der Waals surface area contributed by atoms with Gasteiger partial charge in [0.05, 0.1) is 30.9 Å². The molecule has 0 aromatic heterocycles. The zero-order valence-electron chi connectivity index (χ0n) is 23.2. The van der Waals surface area contributed by atoms with E-state index in [1.165, 1.54) is 23.8 Å². The first-order valence-electron chi connectivity index (χ1n) is 13.7. The quantitative estimate of drug-likeness (QED) is 0.257. The van der Waals surface area contributed by atoms with Gasteiger partial charge in [-0.2, -0.15) is 0 Å². The van der Waals surface area contributed by atoms with Gasteiger partial charge in [-0.25, -0.2) is 4.90 Å². The van der Waals surface area contributed by atoms with Crippen LogP contribution >= 0.6 is 0 Å². The number of hydrogen-bond donors (Lipinski definition) is 0. The van der Waals surface area contributed by atoms with Gasteiger partial charge < -0.3 is 14.4 Å². The van der Waals surface area contributed by atoms with E-state index in [-0.39, 0.29) is 28.7 Å². The van der Waals surface area contributed by atoms with Crippen molar-refractivity contribution in [3.63, 3.8) is 0 Å². The van der Waals surface area contributed by atoms with E-state index in [2.05, 4.69) is 12.1 Å². The summed E-state index contributed by atoms with van der Waals surface area (Å²) in [4.78, 5) is 54.7. The molecule has 210 valence electrons. The molecule has 0 bridgehead atoms. The Balaban J connectivity index is 1.20. The van der Waals surface area contributed by atoms with Crippen molar-refractivity contribution in [2.75, 3.05) is 12.0 Å². The van der Waals surface area contributed by atoms with Crippen LogP contribution in [0.15, 0.2) is 91.0 Å². The average Bonchev–Trinajstić information content (AvgIpc) is 3.48. The Morgan fingerprint density at radius 3 is 2.17 bits per heavy atom. The van der Waals surface area contributed by atoms with Gasteiger partial charge in [0.1, 0.15) is 0 Å². The number of ether oxygens (including phenoxy) is 2. The maximum atomic E-state index is 13.5. The van der Waals surface area contributed by atoms with Crippen LogP contribution in [0.3, 0.4) is 0 Å². The minimum Gasteiger partial charge on any atom is -0.493 e. The summed E-state index contributed by atoms with van der Waals surface area (Å²) in [5, 5.41) is 0. The number of benzene rings is 4. The second-order valence-electron chi connectivity index (χ2n) is 10.3. The van der Waals surface area contributed by atoms with Crippen molar-refractivity contribution in [2.45, 2.75) is 32.4 Å². The summed E-state index contributed by atoms with van der Waals surface area (Å²) in [6, 6.07) is 26.5. The van der Waals surface area contributed by atoms with Gasteiger partial charge >= 0.3 is 0 Å². The van der Waals surface area contributed by atoms with Gasteiger partial charge in [-0.05, 0) is 67.3 Å². The summed E-state index contributed by atoms with van der Waals surface area (Å²) < 4.78 is 11.8. The number of carbonyl (C=O) groups excluding carboxylic acids is 4. The molecule has 1 atom stereocenters. The van der Waals surface area contributed by atoms with Crippen LogP contribution < -0.4 is 14.4 Å². The van der Waals surface area contributed by atoms with E-state index in [0.29, 0.717) is 34.2 Å². The highest BCUT2D eigenvalue weighted by atomic mass is 16.5. The summed E-state index contributed by atoms with van der Waals surface area (Å²) in [5.41, 5.74) is 3.38. The molecule has 0 aliphatic carbocycles. The highest BCUT2D eigenvalue weighted by Gasteiger charge is 2.40. The molecule has 4 amide bonds. The van der Waals surface area contributed by atoms with E-state index < -0.39 is 17.7 Å². The fourth-order valence-electron chi connectivity index (χ4n) is 5.36. The SMILES string of the molecule is COc1ccc(N2Cc3ccc(C(=O)N4C(=O)c5ccccc5C4=O)cc3C2=O)cc1OC(C)CCc1ccccc1. The maximum absolute atomic E-state index is 13.5. The van der Waals surface area contributed by atoms with Crippen LogP contribution in [-0.2, 0) is 13.0 Å². The zero-order chi connectivity index (χ0) is 29.4. The summed E-state index contributed by atoms with van der Waals surface area (Å²) in [5.74, 6) is -1.31. The number of anilines is 1. The van der Waals surface area contributed by atoms with Gasteiger partial charge in [0.2, 0.25) is 0 Å². The van der Waals surface area contributed by atoms with Crippen molar-refractivity contribution in [3.05, 3.63) is 124 Å². The fourth-order valence-corrected chi connectivity index (χ4v) is 5.36. The minimum absolute atomic E-state index is 0.0875. The monoisotopic (exact) mass is 560 g/mol. The Kier molecular flexibility index (Phi) is 7.04. The summed E-state index contributed by atoms with van der Waals surface area (Å²) in [7, 11) is 1.57. The molecule has 4 aromatic carbocycles. The third-order valence-corrected chi connectivity index (χ3v) is 7.63. The van der Waals surface area contributed by atoms with Crippen molar-refractivity contribution >= 4 is 29.3 Å². The third kappa shape index (κ3) is 4.81. The number of aryl methyl sites for hydroxylation is 1. The molecular weight excluding hydrogens is 532 g/mol. The van der Waals surface area contributed by atoms with E-state index in [1.54, 1.807) is 54.5 Å². The molecule has 2 heterocycles. The Morgan fingerprint density at radius 2 is 1.48 bits per heavy atom. The minimum atomic E-state index is -0.764. The van der Waals surface area contributed by atoms with E-state index in [1.807, 2.05) is 25.1 Å². The number of methoxy groups -OCH3 is 1. The molecule has 0 spiro atoms. The van der Waals surface area contributed by atoms with Gasteiger partial charge in [-0.15, -0.1) is 0 Å². The Morgan fingerprint density at radius 1 is 0.786 bits per heavy atom. The molecule has 42 heavy (non-hydrogen) atoms. The van der Waals surface area contributed by atoms with Gasteiger partial charge in [-0.1, -0.05) is 48.5 Å². The lowest BCUT2D eigenvalue weighted by atomic mass is 10.1. The molecule has 4 aromatic rings. The molecule has 8 nitrogen and oxygen atoms in total. The number of rotatable bonds is 8. The summed E-state index contributed by atoms with van der Waals surface area (Å²) >= 11 is 0. The Labute approximate surface area is 243 Å². The van der Waals surface area contributed by atoms with Crippen LogP contribution in [0.4, 0.5) is 5.69 Å². The number of nitrogens with zero attached hydrogens (tertiary/aromatic N) is 2. The molecule has 2 aliphatic rings. The first-order valence-corrected chi connectivity index (χ1v) is 13.7. The first kappa shape index (κ1) is 27.0. The van der Waals surface area contributed by atoms with Crippen LogP contribution in [0.2, 0.25) is 0 Å². The Hall–Kier alpha value is -5.24. The fraction of sp³-hybridized carbons (Fsp3) is 0.176. The third-order valence-electron chi connectivity index (χ3n) is 7.63. The maximum Gasteiger partial charge on any atom is 0.268 e. The summed E-state index contributed by atoms with van der Waals surface area (Å²) in [6.45, 7) is 2.30. The molecule has 0 N–H and O–H groups in total. The van der Waals surface area contributed by atoms with Crippen molar-refractivity contribution in [1.82, 2.24) is 4.90 Å². The van der Waals surface area contributed by atoms with E-state index in [4.69, 9.17) is 9.47 Å². The zero-order valence-corrected chi connectivity index (χ0v) is 23.2. The van der Waals surface area contributed by atoms with Crippen molar-refractivity contribution < 1.29 is 28.7 Å². The highest BCUT2D eigenvalue weighted by molar-refractivity contribution is 6.31. The second-order valence-corrected chi connectivity index (χ2v) is 10.3. The molecule has 0 fully saturated rings. The molecule has 0 saturated heterocycles. The molecule has 0 radical (unpaired) electrons. The lowest BCUT2D eigenvalue weighted by Gasteiger charge is -2.21. The lowest BCUT2D eigenvalue weighted by molar-refractivity contribution is 0.0566. The average molecular weight is 561 g/mol. The van der Waals surface area contributed by atoms with Crippen LogP contribution in [0, 0.1) is 0 Å². The van der Waals surface area contributed by atoms with Gasteiger partial charge in [0.15, 0.2) is 11.5 Å². The van der Waals surface area contributed by atoms with Crippen molar-refractivity contribution in [3.8, 4) is 11.5 Å². The lowest BCUT2D eigenvalue weighted by Crippen LogP contribution is -2.36. The second kappa shape index (κ2) is 11.0. The predicted molar refractivity (Wildman–Crippen MR) is 156 cm³/mol. The van der Waals surface area contributed by atoms with Crippen LogP contribution in [-0.4, -0.2) is 41.7 Å². The molecule has 2 aliphatic heterocycles. The topological polar surface area (TPSA) is 93.2 Å². The first-order chi connectivity index (χ1) is 20.4. The van der Waals surface area contributed by atoms with E-state index in [9.17, 15) is 19.2 Å². The number of amides is 4. The summed E-state index contributed by atoms with van der Waals surface area (Å²) in [6.07, 6.45) is 1.57. The predicted octanol–water partition coefficient (Wildman–Crippen LogP) is 5.69. The van der Waals surface area contributed by atoms with Crippen LogP contribution in [0.1, 0.15) is 65.9 Å². The van der Waals surface area contributed by atoms with Gasteiger partial charge in [0.25, 0.3) is 23.6 Å². The number of imide groups is 3. The van der Waals surface area contributed by atoms with Crippen molar-refractivity contribution in [2.24, 2.45) is 0 Å². The van der Waals surface area contributed by atoms with Crippen LogP contribution in [0.5, 0.6) is 11.5 Å². The molecule has 0 saturated carbocycles. The molecule has 8 heteroatoms. The number of carbonyl (C=O) groups is 4. The highest BCUT2D eigenvalue weighted by Crippen LogP contribution is 2.37. The Bertz CT molecular complexity index is 1700. The normalized spacial score (nSPS) is 14.6. The smallest absolute Gasteiger partial charge is 0.268 e. The van der Waals surface area contributed by atoms with Gasteiger partial charge in [0, 0.05) is 22.9 Å². The molecular formula is C34H28N2O6. The standard InChI is InChI=1S/C34H28N2O6/c1-21(12-13-22-8-4-3-5-9-22)42-30-19-25(16-17-29(30)41-2)35-20-24-15-14-23(18-28(24)32(35)38)31(37)36-33(39)26-10-6-7-11-27(26)34(36)40/h3-11,14-19,21H,12-13,20H2,1-2H3.